The van der Waals surface area contributed by atoms with Crippen molar-refractivity contribution < 1.29 is 24.5 Å². The van der Waals surface area contributed by atoms with Gasteiger partial charge < -0.3 is 14.9 Å². The molecule has 2 aliphatic rings. The Kier molecular flexibility index (Phi) is 10.6. The molecule has 0 radical (unpaired) electrons. The van der Waals surface area contributed by atoms with Crippen molar-refractivity contribution in [2.24, 2.45) is 29.6 Å². The zero-order valence-electron chi connectivity index (χ0n) is 18.3. The molecule has 0 heterocycles. The molecular weight excluding hydrogens is 463 g/mol. The first-order chi connectivity index (χ1) is 14.6. The molecule has 7 atom stereocenters. The first kappa shape index (κ1) is 26.9. The lowest BCUT2D eigenvalue weighted by Gasteiger charge is -2.21. The second-order valence-corrected chi connectivity index (χ2v) is 11.6. The molecule has 31 heavy (non-hydrogen) atoms. The van der Waals surface area contributed by atoms with Crippen LogP contribution in [-0.2, 0) is 14.3 Å². The lowest BCUT2D eigenvalue weighted by atomic mass is 9.90. The number of rotatable bonds is 13. The van der Waals surface area contributed by atoms with Crippen molar-refractivity contribution in [3.05, 3.63) is 12.2 Å². The summed E-state index contributed by atoms with van der Waals surface area (Å²) in [6.45, 7) is 3.60. The van der Waals surface area contributed by atoms with Gasteiger partial charge in [0.15, 0.2) is 0 Å². The third kappa shape index (κ3) is 8.19. The number of aliphatic hydroxyl groups excluding tert-OH is 2. The summed E-state index contributed by atoms with van der Waals surface area (Å²) in [6, 6.07) is 0. The highest BCUT2D eigenvalue weighted by molar-refractivity contribution is 6.67. The molecule has 0 spiro atoms. The first-order valence-electron chi connectivity index (χ1n) is 11.3. The maximum atomic E-state index is 12.3. The van der Waals surface area contributed by atoms with Crippen molar-refractivity contribution in [1.29, 1.82) is 0 Å². The summed E-state index contributed by atoms with van der Waals surface area (Å²) in [5.74, 6) is -0.0891. The van der Waals surface area contributed by atoms with Crippen LogP contribution < -0.4 is 0 Å². The van der Waals surface area contributed by atoms with Crippen molar-refractivity contribution in [1.82, 2.24) is 0 Å². The number of fused-ring (bicyclic) bond motifs is 1. The van der Waals surface area contributed by atoms with Crippen LogP contribution in [0, 0.1) is 29.6 Å². The zero-order valence-corrected chi connectivity index (χ0v) is 20.6. The summed E-state index contributed by atoms with van der Waals surface area (Å²) in [7, 11) is 0. The maximum absolute atomic E-state index is 12.3. The van der Waals surface area contributed by atoms with Crippen LogP contribution in [-0.4, -0.2) is 44.6 Å². The number of unbranched alkanes of at least 4 members (excludes halogenated alkanes) is 2. The van der Waals surface area contributed by atoms with Crippen LogP contribution in [0.25, 0.3) is 0 Å². The summed E-state index contributed by atoms with van der Waals surface area (Å²) < 4.78 is 3.37. The molecule has 0 bridgehead atoms. The number of halogens is 3. The highest BCUT2D eigenvalue weighted by atomic mass is 35.6. The quantitative estimate of drug-likeness (QED) is 0.162. The lowest BCUT2D eigenvalue weighted by Crippen LogP contribution is -2.31. The van der Waals surface area contributed by atoms with Crippen molar-refractivity contribution in [2.45, 2.75) is 81.2 Å². The third-order valence-electron chi connectivity index (χ3n) is 6.60. The van der Waals surface area contributed by atoms with Crippen molar-refractivity contribution >= 4 is 46.6 Å². The second-order valence-electron chi connectivity index (χ2n) is 9.06. The standard InChI is InChI=1S/C23H35Cl3O5/c1-3-4-6-11-17(27)21(29)20-16-12-18(28)15(19(16)20)10-8-5-7-9-14(2)22(30)31-13-23(24,25)26/h5,8,14-17,19-21,27,29H,3-4,6-7,9-13H2,1-2H3. The van der Waals surface area contributed by atoms with Gasteiger partial charge in [-0.1, -0.05) is 80.1 Å². The monoisotopic (exact) mass is 496 g/mol. The van der Waals surface area contributed by atoms with E-state index in [1.807, 2.05) is 12.2 Å². The van der Waals surface area contributed by atoms with Gasteiger partial charge in [0, 0.05) is 12.3 Å². The minimum Gasteiger partial charge on any atom is -0.461 e. The largest absolute Gasteiger partial charge is 0.461 e. The fourth-order valence-electron chi connectivity index (χ4n) is 4.79. The highest BCUT2D eigenvalue weighted by Gasteiger charge is 2.64. The number of ketones is 1. The molecule has 2 rings (SSSR count). The number of alkyl halides is 3. The van der Waals surface area contributed by atoms with Gasteiger partial charge in [-0.05, 0) is 43.4 Å². The van der Waals surface area contributed by atoms with E-state index in [0.29, 0.717) is 32.1 Å². The van der Waals surface area contributed by atoms with Gasteiger partial charge in [-0.15, -0.1) is 0 Å². The Balaban J connectivity index is 1.71. The van der Waals surface area contributed by atoms with Crippen LogP contribution in [0.1, 0.15) is 65.2 Å². The zero-order chi connectivity index (χ0) is 23.2. The summed E-state index contributed by atoms with van der Waals surface area (Å²) in [5.41, 5.74) is 0. The van der Waals surface area contributed by atoms with Gasteiger partial charge in [0.05, 0.1) is 18.1 Å². The number of esters is 1. The summed E-state index contributed by atoms with van der Waals surface area (Å²) >= 11 is 16.7. The van der Waals surface area contributed by atoms with E-state index in [9.17, 15) is 19.8 Å². The smallest absolute Gasteiger partial charge is 0.308 e. The van der Waals surface area contributed by atoms with E-state index in [1.54, 1.807) is 6.92 Å². The number of hydrogen-bond acceptors (Lipinski definition) is 5. The summed E-state index contributed by atoms with van der Waals surface area (Å²) in [4.78, 5) is 24.2. The summed E-state index contributed by atoms with van der Waals surface area (Å²) in [5, 5.41) is 20.8. The molecule has 0 aromatic rings. The minimum atomic E-state index is -1.61. The van der Waals surface area contributed by atoms with E-state index in [1.165, 1.54) is 0 Å². The molecular formula is C23H35Cl3O5. The van der Waals surface area contributed by atoms with Gasteiger partial charge in [0.1, 0.15) is 12.4 Å². The lowest BCUT2D eigenvalue weighted by molar-refractivity contribution is -0.148. The molecule has 0 saturated heterocycles. The fourth-order valence-corrected chi connectivity index (χ4v) is 4.95. The summed E-state index contributed by atoms with van der Waals surface area (Å²) in [6.07, 6.45) is 8.64. The molecule has 0 amide bonds. The molecule has 0 aromatic heterocycles. The first-order valence-corrected chi connectivity index (χ1v) is 12.5. The molecule has 7 unspecified atom stereocenters. The number of hydrogen-bond donors (Lipinski definition) is 2. The van der Waals surface area contributed by atoms with E-state index in [-0.39, 0.29) is 42.0 Å². The van der Waals surface area contributed by atoms with Crippen LogP contribution >= 0.6 is 34.8 Å². The number of carbonyl (C=O) groups excluding carboxylic acids is 2. The van der Waals surface area contributed by atoms with Crippen LogP contribution in [0.2, 0.25) is 0 Å². The molecule has 2 aliphatic carbocycles. The van der Waals surface area contributed by atoms with Gasteiger partial charge in [-0.2, -0.15) is 0 Å². The van der Waals surface area contributed by atoms with Gasteiger partial charge in [-0.25, -0.2) is 0 Å². The topological polar surface area (TPSA) is 83.8 Å². The molecule has 0 aromatic carbocycles. The number of Topliss-reactive ketones (excluding diaryl/α,β-unsaturated/α-hetero) is 1. The normalized spacial score (nSPS) is 28.4. The predicted molar refractivity (Wildman–Crippen MR) is 123 cm³/mol. The molecule has 8 heteroatoms. The molecule has 2 fully saturated rings. The van der Waals surface area contributed by atoms with E-state index >= 15 is 0 Å². The number of ether oxygens (including phenoxy) is 1. The van der Waals surface area contributed by atoms with E-state index < -0.39 is 22.0 Å². The van der Waals surface area contributed by atoms with Crippen LogP contribution in [0.15, 0.2) is 12.2 Å². The van der Waals surface area contributed by atoms with Crippen molar-refractivity contribution in [3.63, 3.8) is 0 Å². The Morgan fingerprint density at radius 3 is 2.58 bits per heavy atom. The predicted octanol–water partition coefficient (Wildman–Crippen LogP) is 5.02. The maximum Gasteiger partial charge on any atom is 0.308 e. The molecule has 178 valence electrons. The van der Waals surface area contributed by atoms with Crippen molar-refractivity contribution in [2.75, 3.05) is 6.61 Å². The molecule has 0 aliphatic heterocycles. The fraction of sp³-hybridized carbons (Fsp3) is 0.826. The Bertz CT molecular complexity index is 633. The van der Waals surface area contributed by atoms with E-state index in [0.717, 1.165) is 19.3 Å². The molecule has 5 nitrogen and oxygen atoms in total. The SMILES string of the molecule is CCCCCC(O)C(O)C1C2CC(=O)C(CC=CCCC(C)C(=O)OCC(Cl)(Cl)Cl)C21. The average molecular weight is 498 g/mol. The Morgan fingerprint density at radius 2 is 1.94 bits per heavy atom. The minimum absolute atomic E-state index is 0.0421. The molecule has 2 N–H and O–H groups in total. The van der Waals surface area contributed by atoms with Crippen molar-refractivity contribution in [3.8, 4) is 0 Å². The average Bonchev–Trinajstić information content (AvgIpc) is 3.30. The second kappa shape index (κ2) is 12.2. The Morgan fingerprint density at radius 1 is 1.23 bits per heavy atom. The van der Waals surface area contributed by atoms with Crippen LogP contribution in [0.5, 0.6) is 0 Å². The van der Waals surface area contributed by atoms with Gasteiger partial charge in [-0.3, -0.25) is 9.59 Å². The molecule has 2 saturated carbocycles. The number of allylic oxidation sites excluding steroid dienone is 2. The number of carbonyl (C=O) groups is 2. The van der Waals surface area contributed by atoms with Gasteiger partial charge in [0.2, 0.25) is 3.79 Å². The van der Waals surface area contributed by atoms with E-state index in [4.69, 9.17) is 39.5 Å². The van der Waals surface area contributed by atoms with Crippen LogP contribution in [0.3, 0.4) is 0 Å². The highest BCUT2D eigenvalue weighted by Crippen LogP contribution is 2.61. The number of aliphatic hydroxyl groups is 2. The third-order valence-corrected chi connectivity index (χ3v) is 6.93. The van der Waals surface area contributed by atoms with Crippen LogP contribution in [0.4, 0.5) is 0 Å². The Labute approximate surface area is 200 Å². The Hall–Kier alpha value is -0.330. The van der Waals surface area contributed by atoms with Gasteiger partial charge >= 0.3 is 5.97 Å². The van der Waals surface area contributed by atoms with E-state index in [2.05, 4.69) is 6.92 Å². The van der Waals surface area contributed by atoms with Gasteiger partial charge in [0.25, 0.3) is 0 Å².